The Hall–Kier alpha value is -3.33. The average Bonchev–Trinajstić information content (AvgIpc) is 3.01. The molecule has 3 aromatic rings. The number of aromatic nitrogens is 1. The summed E-state index contributed by atoms with van der Waals surface area (Å²) in [5.74, 6) is -0.349. The van der Waals surface area contributed by atoms with E-state index in [2.05, 4.69) is 10.3 Å². The van der Waals surface area contributed by atoms with Crippen LogP contribution in [0.3, 0.4) is 0 Å². The van der Waals surface area contributed by atoms with Crippen LogP contribution in [0.25, 0.3) is 0 Å². The summed E-state index contributed by atoms with van der Waals surface area (Å²) in [6.07, 6.45) is 0.394. The lowest BCUT2D eigenvalue weighted by Crippen LogP contribution is -2.20. The summed E-state index contributed by atoms with van der Waals surface area (Å²) in [5, 5.41) is 13.7. The molecule has 1 N–H and O–H groups in total. The number of nitrogens with zero attached hydrogens (tertiary/aromatic N) is 2. The summed E-state index contributed by atoms with van der Waals surface area (Å²) in [6, 6.07) is 12.0. The van der Waals surface area contributed by atoms with Gasteiger partial charge in [0, 0.05) is 23.4 Å². The Labute approximate surface area is 164 Å². The Morgan fingerprint density at radius 2 is 1.96 bits per heavy atom. The second-order valence-corrected chi connectivity index (χ2v) is 6.97. The van der Waals surface area contributed by atoms with E-state index in [4.69, 9.17) is 4.74 Å². The van der Waals surface area contributed by atoms with Crippen molar-refractivity contribution in [2.75, 3.05) is 11.9 Å². The molecule has 0 unspecified atom stereocenters. The number of non-ortho nitro benzene ring substituents is 1. The third kappa shape index (κ3) is 4.89. The van der Waals surface area contributed by atoms with E-state index in [-0.39, 0.29) is 18.1 Å². The molecule has 9 heteroatoms. The molecular formula is C19H16FN3O4S. The van der Waals surface area contributed by atoms with Crippen LogP contribution in [0.4, 0.5) is 15.2 Å². The number of ether oxygens (including phenoxy) is 1. The Balaban J connectivity index is 1.57. The van der Waals surface area contributed by atoms with Gasteiger partial charge in [0.25, 0.3) is 11.6 Å². The first-order valence-corrected chi connectivity index (χ1v) is 9.11. The minimum Gasteiger partial charge on any atom is -0.484 e. The van der Waals surface area contributed by atoms with Crippen LogP contribution < -0.4 is 10.1 Å². The van der Waals surface area contributed by atoms with Crippen LogP contribution in [0.15, 0.2) is 48.5 Å². The zero-order valence-corrected chi connectivity index (χ0v) is 15.7. The van der Waals surface area contributed by atoms with Crippen molar-refractivity contribution in [1.82, 2.24) is 4.98 Å². The molecule has 1 heterocycles. The van der Waals surface area contributed by atoms with Gasteiger partial charge in [0.05, 0.1) is 10.6 Å². The molecule has 0 atom stereocenters. The molecule has 3 rings (SSSR count). The van der Waals surface area contributed by atoms with Crippen molar-refractivity contribution < 1.29 is 18.8 Å². The molecule has 144 valence electrons. The van der Waals surface area contributed by atoms with Crippen molar-refractivity contribution in [1.29, 1.82) is 0 Å². The maximum Gasteiger partial charge on any atom is 0.269 e. The number of carbonyl (C=O) groups excluding carboxylic acids is 1. The highest BCUT2D eigenvalue weighted by Crippen LogP contribution is 2.26. The second-order valence-electron chi connectivity index (χ2n) is 5.88. The number of nitro benzene ring substituents is 1. The van der Waals surface area contributed by atoms with Gasteiger partial charge in [0.15, 0.2) is 11.7 Å². The van der Waals surface area contributed by atoms with E-state index in [0.29, 0.717) is 22.9 Å². The number of nitrogens with one attached hydrogen (secondary N) is 1. The van der Waals surface area contributed by atoms with Gasteiger partial charge in [0.1, 0.15) is 11.6 Å². The third-order valence-corrected chi connectivity index (χ3v) is 4.94. The first-order valence-electron chi connectivity index (χ1n) is 8.29. The van der Waals surface area contributed by atoms with Gasteiger partial charge in [-0.2, -0.15) is 0 Å². The first-order chi connectivity index (χ1) is 13.4. The molecule has 2 aromatic carbocycles. The summed E-state index contributed by atoms with van der Waals surface area (Å²) < 4.78 is 19.1. The van der Waals surface area contributed by atoms with Crippen LogP contribution in [0, 0.1) is 22.9 Å². The van der Waals surface area contributed by atoms with Crippen molar-refractivity contribution in [3.63, 3.8) is 0 Å². The monoisotopic (exact) mass is 401 g/mol. The van der Waals surface area contributed by atoms with Crippen LogP contribution in [0.2, 0.25) is 0 Å². The Bertz CT molecular complexity index is 1000. The molecule has 1 amide bonds. The number of nitro groups is 1. The van der Waals surface area contributed by atoms with E-state index in [1.54, 1.807) is 25.1 Å². The molecule has 28 heavy (non-hydrogen) atoms. The zero-order chi connectivity index (χ0) is 20.1. The Morgan fingerprint density at radius 3 is 2.64 bits per heavy atom. The number of benzene rings is 2. The number of aryl methyl sites for hydroxylation is 1. The SMILES string of the molecule is Cc1nc(NC(=O)COc2ccc([N+](=O)[O-])cc2)sc1Cc1ccccc1F. The van der Waals surface area contributed by atoms with Crippen LogP contribution in [0.5, 0.6) is 5.75 Å². The van der Waals surface area contributed by atoms with Crippen LogP contribution in [0.1, 0.15) is 16.1 Å². The van der Waals surface area contributed by atoms with Crippen molar-refractivity contribution in [2.24, 2.45) is 0 Å². The minimum absolute atomic E-state index is 0.0579. The summed E-state index contributed by atoms with van der Waals surface area (Å²) in [5.41, 5.74) is 1.23. The minimum atomic E-state index is -0.514. The first kappa shape index (κ1) is 19.4. The fourth-order valence-electron chi connectivity index (χ4n) is 2.43. The van der Waals surface area contributed by atoms with Gasteiger partial charge >= 0.3 is 0 Å². The van der Waals surface area contributed by atoms with Crippen molar-refractivity contribution >= 4 is 28.1 Å². The number of anilines is 1. The molecule has 0 aliphatic rings. The Morgan fingerprint density at radius 1 is 1.25 bits per heavy atom. The van der Waals surface area contributed by atoms with E-state index in [1.165, 1.54) is 41.7 Å². The number of hydrogen-bond acceptors (Lipinski definition) is 6. The predicted octanol–water partition coefficient (Wildman–Crippen LogP) is 4.11. The lowest BCUT2D eigenvalue weighted by Gasteiger charge is -2.05. The summed E-state index contributed by atoms with van der Waals surface area (Å²) in [4.78, 5) is 27.3. The van der Waals surface area contributed by atoms with Gasteiger partial charge in [-0.25, -0.2) is 9.37 Å². The molecule has 0 saturated carbocycles. The number of carbonyl (C=O) groups is 1. The molecular weight excluding hydrogens is 385 g/mol. The second kappa shape index (κ2) is 8.57. The number of hydrogen-bond donors (Lipinski definition) is 1. The molecule has 0 aliphatic heterocycles. The van der Waals surface area contributed by atoms with E-state index in [0.717, 1.165) is 10.6 Å². The fraction of sp³-hybridized carbons (Fsp3) is 0.158. The smallest absolute Gasteiger partial charge is 0.269 e. The molecule has 0 bridgehead atoms. The largest absolute Gasteiger partial charge is 0.484 e. The lowest BCUT2D eigenvalue weighted by atomic mass is 10.1. The van der Waals surface area contributed by atoms with Gasteiger partial charge < -0.3 is 4.74 Å². The third-order valence-electron chi connectivity index (χ3n) is 3.87. The number of amides is 1. The number of thiazole rings is 1. The van der Waals surface area contributed by atoms with Gasteiger partial charge in [-0.1, -0.05) is 18.2 Å². The van der Waals surface area contributed by atoms with Gasteiger partial charge in [0.2, 0.25) is 0 Å². The van der Waals surface area contributed by atoms with Crippen molar-refractivity contribution in [3.8, 4) is 5.75 Å². The topological polar surface area (TPSA) is 94.4 Å². The highest BCUT2D eigenvalue weighted by molar-refractivity contribution is 7.15. The predicted molar refractivity (Wildman–Crippen MR) is 103 cm³/mol. The van der Waals surface area contributed by atoms with Crippen LogP contribution in [-0.2, 0) is 11.2 Å². The number of halogens is 1. The summed E-state index contributed by atoms with van der Waals surface area (Å²) in [7, 11) is 0. The van der Waals surface area contributed by atoms with Crippen LogP contribution in [-0.4, -0.2) is 22.4 Å². The van der Waals surface area contributed by atoms with Gasteiger partial charge in [-0.15, -0.1) is 11.3 Å². The van der Waals surface area contributed by atoms with Crippen LogP contribution >= 0.6 is 11.3 Å². The standard InChI is InChI=1S/C19H16FN3O4S/c1-12-17(10-13-4-2-3-5-16(13)20)28-19(21-12)22-18(24)11-27-15-8-6-14(7-9-15)23(25)26/h2-9H,10-11H2,1H3,(H,21,22,24). The molecule has 0 saturated heterocycles. The fourth-order valence-corrected chi connectivity index (χ4v) is 3.43. The van der Waals surface area contributed by atoms with E-state index in [9.17, 15) is 19.3 Å². The number of rotatable bonds is 7. The van der Waals surface area contributed by atoms with E-state index in [1.807, 2.05) is 0 Å². The molecule has 7 nitrogen and oxygen atoms in total. The quantitative estimate of drug-likeness (QED) is 0.475. The molecule has 0 spiro atoms. The highest BCUT2D eigenvalue weighted by atomic mass is 32.1. The van der Waals surface area contributed by atoms with E-state index >= 15 is 0 Å². The van der Waals surface area contributed by atoms with Gasteiger partial charge in [-0.05, 0) is 30.7 Å². The highest BCUT2D eigenvalue weighted by Gasteiger charge is 2.13. The zero-order valence-electron chi connectivity index (χ0n) is 14.8. The average molecular weight is 401 g/mol. The summed E-state index contributed by atoms with van der Waals surface area (Å²) >= 11 is 1.28. The van der Waals surface area contributed by atoms with Crippen molar-refractivity contribution in [2.45, 2.75) is 13.3 Å². The maximum atomic E-state index is 13.8. The van der Waals surface area contributed by atoms with Crippen molar-refractivity contribution in [3.05, 3.63) is 80.6 Å². The molecule has 0 aliphatic carbocycles. The normalized spacial score (nSPS) is 10.5. The molecule has 1 aromatic heterocycles. The summed E-state index contributed by atoms with van der Waals surface area (Å²) in [6.45, 7) is 1.54. The maximum absolute atomic E-state index is 13.8. The van der Waals surface area contributed by atoms with E-state index < -0.39 is 10.8 Å². The molecule has 0 radical (unpaired) electrons. The Kier molecular flexibility index (Phi) is 5.95. The molecule has 0 fully saturated rings. The van der Waals surface area contributed by atoms with Gasteiger partial charge in [-0.3, -0.25) is 20.2 Å². The lowest BCUT2D eigenvalue weighted by molar-refractivity contribution is -0.384.